The molecule has 0 amide bonds. The Morgan fingerprint density at radius 3 is 2.38 bits per heavy atom. The van der Waals surface area contributed by atoms with E-state index in [1.54, 1.807) is 6.08 Å². The molecule has 0 saturated heterocycles. The monoisotopic (exact) mass is 114 g/mol. The fraction of sp³-hybridized carbons (Fsp3) is 0.714. The van der Waals surface area contributed by atoms with Gasteiger partial charge in [0.25, 0.3) is 0 Å². The number of aliphatic hydroxyl groups is 1. The lowest BCUT2D eigenvalue weighted by molar-refractivity contribution is 0.342. The zero-order chi connectivity index (χ0) is 6.41. The average Bonchev–Trinajstić information content (AvgIpc) is 1.66. The van der Waals surface area contributed by atoms with Crippen molar-refractivity contribution >= 4 is 0 Å². The Morgan fingerprint density at radius 1 is 1.38 bits per heavy atom. The maximum Gasteiger partial charge on any atom is 0.0612 e. The SMILES string of the molecule is CC(C)C/C=C\CO. The third-order valence-electron chi connectivity index (χ3n) is 0.880. The first-order valence-electron chi connectivity index (χ1n) is 3.03. The summed E-state index contributed by atoms with van der Waals surface area (Å²) in [7, 11) is 0. The van der Waals surface area contributed by atoms with E-state index in [0.29, 0.717) is 5.92 Å². The minimum absolute atomic E-state index is 0.173. The Labute approximate surface area is 51.0 Å². The smallest absolute Gasteiger partial charge is 0.0612 e. The van der Waals surface area contributed by atoms with E-state index in [0.717, 1.165) is 6.42 Å². The molecule has 0 aromatic rings. The quantitative estimate of drug-likeness (QED) is 0.552. The van der Waals surface area contributed by atoms with Crippen LogP contribution in [0.2, 0.25) is 0 Å². The van der Waals surface area contributed by atoms with Crippen molar-refractivity contribution in [2.75, 3.05) is 6.61 Å². The van der Waals surface area contributed by atoms with Crippen molar-refractivity contribution < 1.29 is 5.11 Å². The molecule has 0 aliphatic carbocycles. The zero-order valence-corrected chi connectivity index (χ0v) is 5.59. The van der Waals surface area contributed by atoms with E-state index in [1.165, 1.54) is 0 Å². The van der Waals surface area contributed by atoms with Gasteiger partial charge in [0.2, 0.25) is 0 Å². The molecule has 0 atom stereocenters. The second-order valence-corrected chi connectivity index (χ2v) is 2.28. The Kier molecular flexibility index (Phi) is 4.67. The molecule has 0 aliphatic heterocycles. The van der Waals surface area contributed by atoms with Gasteiger partial charge in [-0.05, 0) is 12.3 Å². The Bertz CT molecular complexity index is 64.8. The van der Waals surface area contributed by atoms with Crippen molar-refractivity contribution in [2.45, 2.75) is 20.3 Å². The molecule has 1 nitrogen and oxygen atoms in total. The number of rotatable bonds is 3. The summed E-state index contributed by atoms with van der Waals surface area (Å²) in [4.78, 5) is 0. The van der Waals surface area contributed by atoms with Crippen LogP contribution in [0, 0.1) is 5.92 Å². The van der Waals surface area contributed by atoms with Crippen LogP contribution in [0.3, 0.4) is 0 Å². The molecule has 0 aromatic carbocycles. The molecule has 0 rings (SSSR count). The first-order valence-corrected chi connectivity index (χ1v) is 3.03. The standard InChI is InChI=1S/C7H14O/c1-7(2)5-3-4-6-8/h3-4,7-8H,5-6H2,1-2H3/b4-3-. The molecule has 0 aromatic heterocycles. The third-order valence-corrected chi connectivity index (χ3v) is 0.880. The van der Waals surface area contributed by atoms with Crippen LogP contribution in [-0.4, -0.2) is 11.7 Å². The van der Waals surface area contributed by atoms with Crippen molar-refractivity contribution in [3.8, 4) is 0 Å². The summed E-state index contributed by atoms with van der Waals surface area (Å²) in [5, 5.41) is 8.29. The minimum atomic E-state index is 0.173. The molecule has 8 heavy (non-hydrogen) atoms. The normalized spacial score (nSPS) is 11.5. The first kappa shape index (κ1) is 7.70. The molecule has 0 radical (unpaired) electrons. The third kappa shape index (κ3) is 5.70. The highest BCUT2D eigenvalue weighted by molar-refractivity contribution is 4.81. The molecule has 0 unspecified atom stereocenters. The fourth-order valence-electron chi connectivity index (χ4n) is 0.443. The molecule has 0 heterocycles. The summed E-state index contributed by atoms with van der Waals surface area (Å²) in [5.74, 6) is 0.706. The lowest BCUT2D eigenvalue weighted by atomic mass is 10.1. The predicted octanol–water partition coefficient (Wildman–Crippen LogP) is 1.58. The summed E-state index contributed by atoms with van der Waals surface area (Å²) >= 11 is 0. The number of hydrogen-bond acceptors (Lipinski definition) is 1. The molecule has 48 valence electrons. The molecule has 1 heteroatoms. The number of hydrogen-bond donors (Lipinski definition) is 1. The van der Waals surface area contributed by atoms with E-state index in [4.69, 9.17) is 5.11 Å². The van der Waals surface area contributed by atoms with Crippen LogP contribution in [0.25, 0.3) is 0 Å². The molecule has 0 fully saturated rings. The number of allylic oxidation sites excluding steroid dienone is 1. The average molecular weight is 114 g/mol. The van der Waals surface area contributed by atoms with Gasteiger partial charge >= 0.3 is 0 Å². The van der Waals surface area contributed by atoms with E-state index >= 15 is 0 Å². The lowest BCUT2D eigenvalue weighted by Gasteiger charge is -1.94. The van der Waals surface area contributed by atoms with Crippen molar-refractivity contribution in [1.82, 2.24) is 0 Å². The Hall–Kier alpha value is -0.300. The van der Waals surface area contributed by atoms with Gasteiger partial charge in [-0.25, -0.2) is 0 Å². The topological polar surface area (TPSA) is 20.2 Å². The molecule has 1 N–H and O–H groups in total. The van der Waals surface area contributed by atoms with E-state index in [9.17, 15) is 0 Å². The highest BCUT2D eigenvalue weighted by Gasteiger charge is 1.84. The molecular weight excluding hydrogens is 100 g/mol. The predicted molar refractivity (Wildman–Crippen MR) is 35.7 cm³/mol. The fourth-order valence-corrected chi connectivity index (χ4v) is 0.443. The van der Waals surface area contributed by atoms with Crippen molar-refractivity contribution in [1.29, 1.82) is 0 Å². The van der Waals surface area contributed by atoms with Gasteiger partial charge in [0.15, 0.2) is 0 Å². The van der Waals surface area contributed by atoms with Gasteiger partial charge in [0.05, 0.1) is 6.61 Å². The van der Waals surface area contributed by atoms with Crippen LogP contribution in [-0.2, 0) is 0 Å². The van der Waals surface area contributed by atoms with E-state index in [-0.39, 0.29) is 6.61 Å². The molecule has 0 spiro atoms. The van der Waals surface area contributed by atoms with Crippen LogP contribution in [0.1, 0.15) is 20.3 Å². The second-order valence-electron chi connectivity index (χ2n) is 2.28. The van der Waals surface area contributed by atoms with Gasteiger partial charge in [-0.2, -0.15) is 0 Å². The Morgan fingerprint density at radius 2 is 2.00 bits per heavy atom. The molecule has 0 bridgehead atoms. The van der Waals surface area contributed by atoms with Gasteiger partial charge in [-0.15, -0.1) is 0 Å². The summed E-state index contributed by atoms with van der Waals surface area (Å²) in [5.41, 5.74) is 0. The van der Waals surface area contributed by atoms with Crippen LogP contribution in [0.4, 0.5) is 0 Å². The summed E-state index contributed by atoms with van der Waals surface area (Å²) < 4.78 is 0. The lowest BCUT2D eigenvalue weighted by Crippen LogP contribution is -1.81. The highest BCUT2D eigenvalue weighted by Crippen LogP contribution is 1.98. The van der Waals surface area contributed by atoms with Gasteiger partial charge in [0, 0.05) is 0 Å². The van der Waals surface area contributed by atoms with Crippen LogP contribution in [0.15, 0.2) is 12.2 Å². The zero-order valence-electron chi connectivity index (χ0n) is 5.59. The largest absolute Gasteiger partial charge is 0.392 e. The highest BCUT2D eigenvalue weighted by atomic mass is 16.2. The van der Waals surface area contributed by atoms with Crippen LogP contribution >= 0.6 is 0 Å². The summed E-state index contributed by atoms with van der Waals surface area (Å²) in [6.07, 6.45) is 4.85. The minimum Gasteiger partial charge on any atom is -0.392 e. The maximum absolute atomic E-state index is 8.29. The van der Waals surface area contributed by atoms with E-state index in [2.05, 4.69) is 13.8 Å². The van der Waals surface area contributed by atoms with E-state index in [1.807, 2.05) is 6.08 Å². The molecule has 0 saturated carbocycles. The maximum atomic E-state index is 8.29. The molecule has 0 aliphatic rings. The van der Waals surface area contributed by atoms with Crippen molar-refractivity contribution in [3.63, 3.8) is 0 Å². The van der Waals surface area contributed by atoms with Crippen LogP contribution in [0.5, 0.6) is 0 Å². The van der Waals surface area contributed by atoms with Gasteiger partial charge in [-0.3, -0.25) is 0 Å². The second kappa shape index (κ2) is 4.85. The summed E-state index contributed by atoms with van der Waals surface area (Å²) in [6.45, 7) is 4.48. The van der Waals surface area contributed by atoms with Gasteiger partial charge in [0.1, 0.15) is 0 Å². The first-order chi connectivity index (χ1) is 3.77. The Balaban J connectivity index is 3.03. The van der Waals surface area contributed by atoms with Crippen molar-refractivity contribution in [2.24, 2.45) is 5.92 Å². The van der Waals surface area contributed by atoms with Gasteiger partial charge < -0.3 is 5.11 Å². The number of aliphatic hydroxyl groups excluding tert-OH is 1. The van der Waals surface area contributed by atoms with Gasteiger partial charge in [-0.1, -0.05) is 26.0 Å². The summed E-state index contributed by atoms with van der Waals surface area (Å²) in [6, 6.07) is 0. The van der Waals surface area contributed by atoms with Crippen molar-refractivity contribution in [3.05, 3.63) is 12.2 Å². The van der Waals surface area contributed by atoms with E-state index < -0.39 is 0 Å². The van der Waals surface area contributed by atoms with Crippen LogP contribution < -0.4 is 0 Å². The molecular formula is C7H14O.